The Kier molecular flexibility index (Phi) is 4.81. The first-order chi connectivity index (χ1) is 12.4. The normalized spacial score (nSPS) is 13.6. The summed E-state index contributed by atoms with van der Waals surface area (Å²) in [5.41, 5.74) is -1.16. The predicted octanol–water partition coefficient (Wildman–Crippen LogP) is 1.31. The van der Waals surface area contributed by atoms with E-state index < -0.39 is 23.3 Å². The van der Waals surface area contributed by atoms with Gasteiger partial charge in [0.15, 0.2) is 0 Å². The second-order valence-corrected chi connectivity index (χ2v) is 5.70. The lowest BCUT2D eigenvalue weighted by Crippen LogP contribution is -2.33. The van der Waals surface area contributed by atoms with Crippen molar-refractivity contribution in [2.75, 3.05) is 24.7 Å². The molecule has 136 valence electrons. The molecule has 2 aromatic rings. The number of H-pyrrole nitrogens is 1. The van der Waals surface area contributed by atoms with Crippen molar-refractivity contribution >= 4 is 29.4 Å². The van der Waals surface area contributed by atoms with Gasteiger partial charge < -0.3 is 9.47 Å². The number of ether oxygens (including phenoxy) is 2. The van der Waals surface area contributed by atoms with Crippen molar-refractivity contribution in [1.82, 2.24) is 9.55 Å². The summed E-state index contributed by atoms with van der Waals surface area (Å²) in [6, 6.07) is 4.52. The number of nitrogens with one attached hydrogen (secondary N) is 1. The average Bonchev–Trinajstić information content (AvgIpc) is 3.01. The predicted molar refractivity (Wildman–Crippen MR) is 92.3 cm³/mol. The monoisotopic (exact) mass is 379 g/mol. The van der Waals surface area contributed by atoms with Crippen LogP contribution in [0.3, 0.4) is 0 Å². The number of benzene rings is 1. The van der Waals surface area contributed by atoms with Crippen LogP contribution in [0.1, 0.15) is 17.3 Å². The summed E-state index contributed by atoms with van der Waals surface area (Å²) in [7, 11) is 0. The van der Waals surface area contributed by atoms with Gasteiger partial charge in [0.2, 0.25) is 0 Å². The minimum atomic E-state index is -0.843. The van der Waals surface area contributed by atoms with E-state index in [9.17, 15) is 19.2 Å². The summed E-state index contributed by atoms with van der Waals surface area (Å²) in [6.45, 7) is 2.32. The van der Waals surface area contributed by atoms with Crippen LogP contribution >= 0.6 is 11.6 Å². The first kappa shape index (κ1) is 17.7. The lowest BCUT2D eigenvalue weighted by atomic mass is 10.2. The SMILES string of the molecule is CCOC(=O)c1cn(-c2ccc(N3CCOC3=O)c(Cl)c2)c(=O)[nH]c1=O. The van der Waals surface area contributed by atoms with E-state index in [1.807, 2.05) is 0 Å². The zero-order valence-corrected chi connectivity index (χ0v) is 14.4. The number of halogens is 1. The van der Waals surface area contributed by atoms with E-state index in [0.29, 0.717) is 17.9 Å². The molecular weight excluding hydrogens is 366 g/mol. The van der Waals surface area contributed by atoms with E-state index in [1.54, 1.807) is 13.0 Å². The third-order valence-electron chi connectivity index (χ3n) is 3.70. The molecule has 0 atom stereocenters. The van der Waals surface area contributed by atoms with Crippen LogP contribution in [0.25, 0.3) is 5.69 Å². The van der Waals surface area contributed by atoms with Gasteiger partial charge in [0.05, 0.1) is 29.5 Å². The molecule has 2 heterocycles. The molecule has 0 saturated carbocycles. The molecule has 10 heteroatoms. The minimum Gasteiger partial charge on any atom is -0.462 e. The smallest absolute Gasteiger partial charge is 0.414 e. The zero-order valence-electron chi connectivity index (χ0n) is 13.7. The molecule has 0 unspecified atom stereocenters. The molecule has 26 heavy (non-hydrogen) atoms. The van der Waals surface area contributed by atoms with E-state index in [1.165, 1.54) is 17.0 Å². The topological polar surface area (TPSA) is 111 Å². The van der Waals surface area contributed by atoms with Gasteiger partial charge in [0.1, 0.15) is 12.2 Å². The van der Waals surface area contributed by atoms with Gasteiger partial charge in [-0.2, -0.15) is 0 Å². The Morgan fingerprint density at radius 2 is 2.12 bits per heavy atom. The number of carbonyl (C=O) groups is 2. The quantitative estimate of drug-likeness (QED) is 0.802. The second-order valence-electron chi connectivity index (χ2n) is 5.29. The Labute approximate surface area is 151 Å². The van der Waals surface area contributed by atoms with Crippen LogP contribution in [0.4, 0.5) is 10.5 Å². The number of hydrogen-bond acceptors (Lipinski definition) is 6. The van der Waals surface area contributed by atoms with E-state index in [2.05, 4.69) is 4.98 Å². The number of anilines is 1. The summed E-state index contributed by atoms with van der Waals surface area (Å²) in [5, 5.41) is 0.206. The molecule has 9 nitrogen and oxygen atoms in total. The van der Waals surface area contributed by atoms with Crippen LogP contribution in [-0.2, 0) is 9.47 Å². The minimum absolute atomic E-state index is 0.0872. The highest BCUT2D eigenvalue weighted by Crippen LogP contribution is 2.29. The molecule has 0 bridgehead atoms. The average molecular weight is 380 g/mol. The highest BCUT2D eigenvalue weighted by molar-refractivity contribution is 6.34. The highest BCUT2D eigenvalue weighted by Gasteiger charge is 2.25. The molecule has 1 amide bonds. The molecule has 1 aromatic carbocycles. The Morgan fingerprint density at radius 3 is 2.73 bits per heavy atom. The number of esters is 1. The maximum absolute atomic E-state index is 12.1. The lowest BCUT2D eigenvalue weighted by Gasteiger charge is -2.16. The first-order valence-electron chi connectivity index (χ1n) is 7.69. The standard InChI is InChI=1S/C16H14ClN3O6/c1-2-25-14(22)10-8-20(15(23)18-13(10)21)9-3-4-12(11(17)7-9)19-5-6-26-16(19)24/h3-4,7-8H,2,5-6H2,1H3,(H,18,21,23). The van der Waals surface area contributed by atoms with Gasteiger partial charge in [0.25, 0.3) is 5.56 Å². The summed E-state index contributed by atoms with van der Waals surface area (Å²) in [5.74, 6) is -0.843. The van der Waals surface area contributed by atoms with Crippen molar-refractivity contribution in [3.8, 4) is 5.69 Å². The van der Waals surface area contributed by atoms with Gasteiger partial charge in [-0.25, -0.2) is 14.4 Å². The number of hydrogen-bond donors (Lipinski definition) is 1. The summed E-state index contributed by atoms with van der Waals surface area (Å²) >= 11 is 6.23. The molecular formula is C16H14ClN3O6. The van der Waals surface area contributed by atoms with Crippen molar-refractivity contribution in [3.05, 3.63) is 55.8 Å². The fraction of sp³-hybridized carbons (Fsp3) is 0.250. The number of rotatable bonds is 4. The molecule has 1 aliphatic rings. The van der Waals surface area contributed by atoms with Crippen molar-refractivity contribution < 1.29 is 19.1 Å². The molecule has 1 fully saturated rings. The van der Waals surface area contributed by atoms with Crippen LogP contribution in [0, 0.1) is 0 Å². The summed E-state index contributed by atoms with van der Waals surface area (Å²) in [4.78, 5) is 50.9. The van der Waals surface area contributed by atoms with E-state index >= 15 is 0 Å². The summed E-state index contributed by atoms with van der Waals surface area (Å²) in [6.07, 6.45) is 0.583. The van der Waals surface area contributed by atoms with E-state index in [-0.39, 0.29) is 23.8 Å². The van der Waals surface area contributed by atoms with Crippen LogP contribution in [-0.4, -0.2) is 41.4 Å². The molecule has 1 N–H and O–H groups in total. The molecule has 3 rings (SSSR count). The van der Waals surface area contributed by atoms with Crippen LogP contribution in [0.5, 0.6) is 0 Å². The summed E-state index contributed by atoms with van der Waals surface area (Å²) < 4.78 is 10.7. The number of cyclic esters (lactones) is 1. The van der Waals surface area contributed by atoms with Gasteiger partial charge in [-0.3, -0.25) is 19.2 Å². The fourth-order valence-corrected chi connectivity index (χ4v) is 2.77. The zero-order chi connectivity index (χ0) is 18.8. The Morgan fingerprint density at radius 1 is 1.35 bits per heavy atom. The lowest BCUT2D eigenvalue weighted by molar-refractivity contribution is 0.0523. The van der Waals surface area contributed by atoms with Crippen LogP contribution < -0.4 is 16.1 Å². The van der Waals surface area contributed by atoms with Gasteiger partial charge in [-0.15, -0.1) is 0 Å². The third kappa shape index (κ3) is 3.21. The second kappa shape index (κ2) is 7.04. The maximum atomic E-state index is 12.1. The Bertz CT molecular complexity index is 996. The number of nitrogens with zero attached hydrogens (tertiary/aromatic N) is 2. The van der Waals surface area contributed by atoms with Crippen molar-refractivity contribution in [2.45, 2.75) is 6.92 Å². The number of aromatic nitrogens is 2. The number of amides is 1. The largest absolute Gasteiger partial charge is 0.462 e. The molecule has 0 radical (unpaired) electrons. The van der Waals surface area contributed by atoms with Crippen molar-refractivity contribution in [3.63, 3.8) is 0 Å². The van der Waals surface area contributed by atoms with Crippen molar-refractivity contribution in [2.24, 2.45) is 0 Å². The highest BCUT2D eigenvalue weighted by atomic mass is 35.5. The maximum Gasteiger partial charge on any atom is 0.414 e. The Balaban J connectivity index is 2.04. The van der Waals surface area contributed by atoms with Crippen molar-refractivity contribution in [1.29, 1.82) is 0 Å². The van der Waals surface area contributed by atoms with Crippen LogP contribution in [0.2, 0.25) is 5.02 Å². The van der Waals surface area contributed by atoms with E-state index in [4.69, 9.17) is 21.1 Å². The molecule has 1 aliphatic heterocycles. The molecule has 1 aromatic heterocycles. The van der Waals surface area contributed by atoms with Gasteiger partial charge in [-0.05, 0) is 25.1 Å². The third-order valence-corrected chi connectivity index (χ3v) is 4.00. The van der Waals surface area contributed by atoms with Crippen LogP contribution in [0.15, 0.2) is 34.0 Å². The van der Waals surface area contributed by atoms with Gasteiger partial charge in [-0.1, -0.05) is 11.6 Å². The molecule has 0 spiro atoms. The molecule has 1 saturated heterocycles. The first-order valence-corrected chi connectivity index (χ1v) is 8.07. The van der Waals surface area contributed by atoms with E-state index in [0.717, 1.165) is 10.8 Å². The molecule has 0 aliphatic carbocycles. The van der Waals surface area contributed by atoms with Gasteiger partial charge in [0, 0.05) is 6.20 Å². The van der Waals surface area contributed by atoms with Gasteiger partial charge >= 0.3 is 17.8 Å². The number of aromatic amines is 1. The fourth-order valence-electron chi connectivity index (χ4n) is 2.49. The Hall–Kier alpha value is -3.07. The number of carbonyl (C=O) groups excluding carboxylic acids is 2.